The van der Waals surface area contributed by atoms with Gasteiger partial charge in [-0.3, -0.25) is 4.68 Å². The van der Waals surface area contributed by atoms with E-state index in [9.17, 15) is 0 Å². The van der Waals surface area contributed by atoms with E-state index in [1.165, 1.54) is 5.56 Å². The Kier molecular flexibility index (Phi) is 7.03. The lowest BCUT2D eigenvalue weighted by Gasteiger charge is -2.26. The van der Waals surface area contributed by atoms with Crippen molar-refractivity contribution in [1.29, 1.82) is 0 Å². The number of aromatic nitrogens is 4. The molecule has 1 fully saturated rings. The first-order chi connectivity index (χ1) is 15.6. The number of benzene rings is 1. The Labute approximate surface area is 187 Å². The number of ether oxygens (including phenoxy) is 2. The molecule has 2 aromatic heterocycles. The second-order valence-corrected chi connectivity index (χ2v) is 8.21. The zero-order valence-corrected chi connectivity index (χ0v) is 18.7. The summed E-state index contributed by atoms with van der Waals surface area (Å²) in [7, 11) is 1.69. The third-order valence-electron chi connectivity index (χ3n) is 5.50. The highest BCUT2D eigenvalue weighted by atomic mass is 16.5. The van der Waals surface area contributed by atoms with Gasteiger partial charge in [0.1, 0.15) is 11.3 Å². The molecule has 32 heavy (non-hydrogen) atoms. The molecule has 172 valence electrons. The van der Waals surface area contributed by atoms with Crippen LogP contribution in [0, 0.1) is 5.92 Å². The van der Waals surface area contributed by atoms with Gasteiger partial charge in [-0.05, 0) is 18.1 Å². The van der Waals surface area contributed by atoms with Crippen molar-refractivity contribution in [3.63, 3.8) is 0 Å². The van der Waals surface area contributed by atoms with Crippen molar-refractivity contribution in [3.05, 3.63) is 35.5 Å². The Morgan fingerprint density at radius 2 is 2.16 bits per heavy atom. The molecule has 1 aliphatic heterocycles. The summed E-state index contributed by atoms with van der Waals surface area (Å²) in [6, 6.07) is 6.25. The van der Waals surface area contributed by atoms with Crippen LogP contribution >= 0.6 is 0 Å². The summed E-state index contributed by atoms with van der Waals surface area (Å²) in [4.78, 5) is 8.62. The van der Waals surface area contributed by atoms with Gasteiger partial charge in [0.25, 0.3) is 0 Å². The van der Waals surface area contributed by atoms with Gasteiger partial charge < -0.3 is 31.6 Å². The third kappa shape index (κ3) is 5.26. The molecule has 0 aliphatic carbocycles. The number of nitrogens with one attached hydrogen (secondary N) is 2. The average Bonchev–Trinajstić information content (AvgIpc) is 3.13. The van der Waals surface area contributed by atoms with E-state index in [1.54, 1.807) is 7.11 Å². The molecule has 1 atom stereocenters. The van der Waals surface area contributed by atoms with Gasteiger partial charge in [-0.15, -0.1) is 0 Å². The van der Waals surface area contributed by atoms with Crippen molar-refractivity contribution in [2.75, 3.05) is 37.9 Å². The molecule has 1 aliphatic rings. The summed E-state index contributed by atoms with van der Waals surface area (Å²) < 4.78 is 12.7. The maximum Gasteiger partial charge on any atom is 0.222 e. The van der Waals surface area contributed by atoms with Crippen LogP contribution in [0.4, 0.5) is 11.8 Å². The van der Waals surface area contributed by atoms with Gasteiger partial charge >= 0.3 is 0 Å². The number of methoxy groups -OCH3 is 1. The first kappa shape index (κ1) is 22.3. The number of hydrogen-bond acceptors (Lipinski definition) is 9. The van der Waals surface area contributed by atoms with E-state index >= 15 is 0 Å². The number of nitrogens with zero attached hydrogens (tertiary/aromatic N) is 4. The second kappa shape index (κ2) is 10.1. The molecule has 0 saturated carbocycles. The zero-order valence-electron chi connectivity index (χ0n) is 18.7. The first-order valence-electron chi connectivity index (χ1n) is 11.0. The van der Waals surface area contributed by atoms with Crippen LogP contribution in [-0.2, 0) is 17.8 Å². The van der Waals surface area contributed by atoms with E-state index in [2.05, 4.69) is 50.8 Å². The number of rotatable bonds is 11. The number of nitrogens with two attached hydrogens (primary N) is 2. The fraction of sp³-hybridized carbons (Fsp3) is 0.500. The van der Waals surface area contributed by atoms with Gasteiger partial charge in [-0.2, -0.15) is 10.1 Å². The monoisotopic (exact) mass is 440 g/mol. The van der Waals surface area contributed by atoms with E-state index in [0.717, 1.165) is 50.5 Å². The Balaban J connectivity index is 1.49. The predicted molar refractivity (Wildman–Crippen MR) is 124 cm³/mol. The molecule has 4 rings (SSSR count). The van der Waals surface area contributed by atoms with Gasteiger partial charge in [0, 0.05) is 24.6 Å². The number of anilines is 2. The van der Waals surface area contributed by atoms with Crippen molar-refractivity contribution < 1.29 is 9.47 Å². The summed E-state index contributed by atoms with van der Waals surface area (Å²) in [5.41, 5.74) is 15.5. The topological polar surface area (TPSA) is 138 Å². The molecule has 3 heterocycles. The maximum absolute atomic E-state index is 6.13. The van der Waals surface area contributed by atoms with Crippen LogP contribution < -0.4 is 26.8 Å². The van der Waals surface area contributed by atoms with E-state index in [0.29, 0.717) is 29.3 Å². The maximum atomic E-state index is 6.13. The molecule has 3 aromatic rings. The lowest BCUT2D eigenvalue weighted by molar-refractivity contribution is -0.0307. The van der Waals surface area contributed by atoms with Gasteiger partial charge in [-0.25, -0.2) is 4.98 Å². The van der Waals surface area contributed by atoms with Gasteiger partial charge in [0.2, 0.25) is 5.95 Å². The second-order valence-electron chi connectivity index (χ2n) is 8.21. The molecule has 1 unspecified atom stereocenters. The molecule has 0 radical (unpaired) electrons. The van der Waals surface area contributed by atoms with Crippen molar-refractivity contribution in [1.82, 2.24) is 25.1 Å². The van der Waals surface area contributed by atoms with Gasteiger partial charge in [0.05, 0.1) is 39.2 Å². The molecule has 1 saturated heterocycles. The molecule has 10 heteroatoms. The van der Waals surface area contributed by atoms with E-state index in [1.807, 2.05) is 10.9 Å². The molecule has 0 bridgehead atoms. The summed E-state index contributed by atoms with van der Waals surface area (Å²) in [5, 5.41) is 11.4. The molecule has 10 nitrogen and oxygen atoms in total. The van der Waals surface area contributed by atoms with Crippen LogP contribution in [0.5, 0.6) is 5.75 Å². The van der Waals surface area contributed by atoms with Crippen molar-refractivity contribution >= 4 is 22.8 Å². The van der Waals surface area contributed by atoms with Crippen LogP contribution in [0.25, 0.3) is 11.0 Å². The van der Waals surface area contributed by atoms with Crippen LogP contribution in [0.1, 0.15) is 30.9 Å². The van der Waals surface area contributed by atoms with E-state index in [4.69, 9.17) is 20.9 Å². The summed E-state index contributed by atoms with van der Waals surface area (Å²) in [6.07, 6.45) is 3.42. The lowest BCUT2D eigenvalue weighted by Crippen LogP contribution is -2.36. The Morgan fingerprint density at radius 1 is 1.31 bits per heavy atom. The molecule has 6 N–H and O–H groups in total. The minimum absolute atomic E-state index is 0.186. The Hall–Kier alpha value is -2.95. The minimum atomic E-state index is -0.222. The van der Waals surface area contributed by atoms with Crippen molar-refractivity contribution in [3.8, 4) is 5.75 Å². The van der Waals surface area contributed by atoms with Crippen LogP contribution in [0.3, 0.4) is 0 Å². The number of hydrogen-bond donors (Lipinski definition) is 4. The SMILES string of the molecule is CCCC(N)Nc1nc(N)nc2cn(Cc3ccc(CNCC4COC4)cc3OC)nc12. The van der Waals surface area contributed by atoms with Crippen molar-refractivity contribution in [2.24, 2.45) is 11.7 Å². The zero-order chi connectivity index (χ0) is 22.5. The quantitative estimate of drug-likeness (QED) is 0.328. The van der Waals surface area contributed by atoms with Crippen LogP contribution in [-0.4, -0.2) is 52.8 Å². The number of fused-ring (bicyclic) bond motifs is 1. The highest BCUT2D eigenvalue weighted by Crippen LogP contribution is 2.24. The summed E-state index contributed by atoms with van der Waals surface area (Å²) in [5.74, 6) is 2.19. The van der Waals surface area contributed by atoms with Gasteiger partial charge in [0.15, 0.2) is 11.3 Å². The number of nitrogen functional groups attached to an aromatic ring is 1. The largest absolute Gasteiger partial charge is 0.496 e. The molecular weight excluding hydrogens is 408 g/mol. The first-order valence-corrected chi connectivity index (χ1v) is 11.0. The summed E-state index contributed by atoms with van der Waals surface area (Å²) in [6.45, 7) is 6.08. The molecular formula is C22H32N8O2. The fourth-order valence-corrected chi connectivity index (χ4v) is 3.74. The normalized spacial score (nSPS) is 15.0. The van der Waals surface area contributed by atoms with E-state index in [-0.39, 0.29) is 12.1 Å². The molecule has 1 aromatic carbocycles. The smallest absolute Gasteiger partial charge is 0.222 e. The lowest BCUT2D eigenvalue weighted by atomic mass is 10.1. The van der Waals surface area contributed by atoms with Gasteiger partial charge in [-0.1, -0.05) is 25.5 Å². The van der Waals surface area contributed by atoms with Crippen LogP contribution in [0.15, 0.2) is 24.4 Å². The minimum Gasteiger partial charge on any atom is -0.496 e. The Morgan fingerprint density at radius 3 is 2.88 bits per heavy atom. The predicted octanol–water partition coefficient (Wildman–Crippen LogP) is 1.70. The van der Waals surface area contributed by atoms with E-state index < -0.39 is 0 Å². The summed E-state index contributed by atoms with van der Waals surface area (Å²) >= 11 is 0. The highest BCUT2D eigenvalue weighted by Gasteiger charge is 2.18. The van der Waals surface area contributed by atoms with Crippen molar-refractivity contribution in [2.45, 2.75) is 39.0 Å². The molecule has 0 spiro atoms. The molecule has 0 amide bonds. The average molecular weight is 441 g/mol. The van der Waals surface area contributed by atoms with Crippen LogP contribution in [0.2, 0.25) is 0 Å². The standard InChI is InChI=1S/C22H32N8O2/c1-3-4-19(23)27-21-20-17(26-22(24)28-21)11-30(29-20)10-16-6-5-14(7-18(16)31-2)8-25-9-15-12-32-13-15/h5-7,11,15,19,25H,3-4,8-10,12-13,23H2,1-2H3,(H3,24,26,27,28). The fourth-order valence-electron chi connectivity index (χ4n) is 3.74. The third-order valence-corrected chi connectivity index (χ3v) is 5.50. The highest BCUT2D eigenvalue weighted by molar-refractivity contribution is 5.85. The Bertz CT molecular complexity index is 1050.